The minimum Gasteiger partial charge on any atom is -0.335 e. The monoisotopic (exact) mass is 382 g/mol. The fourth-order valence-electron chi connectivity index (χ4n) is 3.61. The number of likely N-dealkylation sites (tertiary alicyclic amines) is 1. The molecule has 1 aliphatic carbocycles. The third-order valence-electron chi connectivity index (χ3n) is 5.20. The Morgan fingerprint density at radius 2 is 2.04 bits per heavy atom. The summed E-state index contributed by atoms with van der Waals surface area (Å²) >= 11 is 1.51. The van der Waals surface area contributed by atoms with Crippen LogP contribution in [0.5, 0.6) is 0 Å². The first kappa shape index (κ1) is 16.6. The Balaban J connectivity index is 1.43. The second-order valence-electron chi connectivity index (χ2n) is 7.38. The Labute approximate surface area is 160 Å². The molecule has 0 radical (unpaired) electrons. The van der Waals surface area contributed by atoms with Gasteiger partial charge in [0.2, 0.25) is 5.82 Å². The average Bonchev–Trinajstić information content (AvgIpc) is 3.10. The molecule has 5 rings (SSSR count). The van der Waals surface area contributed by atoms with Gasteiger partial charge in [0.1, 0.15) is 5.82 Å². The standard InChI is InChI=1S/C20H19FN4OS/c21-15-3-1-4-16(10-15)25-19(17-5-2-8-27-17)22-18(23-25)20(26)24-11-14(12-24)9-13-6-7-13/h1-5,8,10,13-14H,6-7,9,11-12H2. The molecule has 27 heavy (non-hydrogen) atoms. The van der Waals surface area contributed by atoms with Crippen molar-refractivity contribution in [1.82, 2.24) is 19.7 Å². The highest BCUT2D eigenvalue weighted by atomic mass is 32.1. The Bertz CT molecular complexity index is 974. The van der Waals surface area contributed by atoms with Crippen LogP contribution in [0.25, 0.3) is 16.4 Å². The lowest BCUT2D eigenvalue weighted by atomic mass is 9.94. The van der Waals surface area contributed by atoms with Gasteiger partial charge in [-0.2, -0.15) is 0 Å². The first-order valence-corrected chi connectivity index (χ1v) is 10.1. The second-order valence-corrected chi connectivity index (χ2v) is 8.33. The van der Waals surface area contributed by atoms with E-state index in [0.717, 1.165) is 23.9 Å². The highest BCUT2D eigenvalue weighted by molar-refractivity contribution is 7.13. The number of halogens is 1. The molecule has 7 heteroatoms. The summed E-state index contributed by atoms with van der Waals surface area (Å²) in [6, 6.07) is 10.0. The number of amides is 1. The van der Waals surface area contributed by atoms with Crippen LogP contribution >= 0.6 is 11.3 Å². The van der Waals surface area contributed by atoms with Crippen LogP contribution in [-0.2, 0) is 0 Å². The molecule has 3 heterocycles. The highest BCUT2D eigenvalue weighted by Gasteiger charge is 2.37. The number of hydrogen-bond acceptors (Lipinski definition) is 4. The van der Waals surface area contributed by atoms with E-state index in [1.165, 1.54) is 42.7 Å². The molecule has 0 N–H and O–H groups in total. The number of nitrogens with zero attached hydrogens (tertiary/aromatic N) is 4. The van der Waals surface area contributed by atoms with Gasteiger partial charge in [-0.05, 0) is 47.9 Å². The predicted molar refractivity (Wildman–Crippen MR) is 101 cm³/mol. The van der Waals surface area contributed by atoms with Crippen molar-refractivity contribution in [2.75, 3.05) is 13.1 Å². The zero-order valence-electron chi connectivity index (χ0n) is 14.7. The van der Waals surface area contributed by atoms with E-state index in [1.54, 1.807) is 16.8 Å². The van der Waals surface area contributed by atoms with E-state index >= 15 is 0 Å². The van der Waals surface area contributed by atoms with Crippen LogP contribution in [0.1, 0.15) is 29.9 Å². The zero-order chi connectivity index (χ0) is 18.4. The molecular formula is C20H19FN4OS. The molecule has 1 saturated carbocycles. The molecule has 1 aromatic carbocycles. The first-order chi connectivity index (χ1) is 13.2. The molecule has 1 aliphatic heterocycles. The average molecular weight is 382 g/mol. The molecule has 1 amide bonds. The number of hydrogen-bond donors (Lipinski definition) is 0. The van der Waals surface area contributed by atoms with E-state index in [9.17, 15) is 9.18 Å². The van der Waals surface area contributed by atoms with Crippen molar-refractivity contribution in [2.45, 2.75) is 19.3 Å². The van der Waals surface area contributed by atoms with Gasteiger partial charge in [-0.3, -0.25) is 4.79 Å². The lowest BCUT2D eigenvalue weighted by Gasteiger charge is -2.38. The minimum absolute atomic E-state index is 0.144. The van der Waals surface area contributed by atoms with Gasteiger partial charge in [0.15, 0.2) is 5.82 Å². The fourth-order valence-corrected chi connectivity index (χ4v) is 4.31. The summed E-state index contributed by atoms with van der Waals surface area (Å²) in [5, 5.41) is 6.38. The SMILES string of the molecule is O=C(c1nc(-c2cccs2)n(-c2cccc(F)c2)n1)N1CC(CC2CC2)C1. The molecule has 2 aliphatic rings. The van der Waals surface area contributed by atoms with Crippen LogP contribution in [0.15, 0.2) is 41.8 Å². The van der Waals surface area contributed by atoms with Crippen molar-refractivity contribution < 1.29 is 9.18 Å². The number of rotatable bonds is 5. The van der Waals surface area contributed by atoms with Crippen molar-refractivity contribution in [3.8, 4) is 16.4 Å². The third-order valence-corrected chi connectivity index (χ3v) is 6.07. The van der Waals surface area contributed by atoms with Crippen molar-refractivity contribution in [3.63, 3.8) is 0 Å². The van der Waals surface area contributed by atoms with Gasteiger partial charge in [-0.1, -0.05) is 25.0 Å². The molecule has 1 saturated heterocycles. The molecule has 2 fully saturated rings. The van der Waals surface area contributed by atoms with Crippen LogP contribution in [-0.4, -0.2) is 38.7 Å². The summed E-state index contributed by atoms with van der Waals surface area (Å²) in [5.41, 5.74) is 0.556. The molecule has 0 spiro atoms. The van der Waals surface area contributed by atoms with Crippen LogP contribution in [0.3, 0.4) is 0 Å². The summed E-state index contributed by atoms with van der Waals surface area (Å²) in [6.45, 7) is 1.58. The number of thiophene rings is 1. The van der Waals surface area contributed by atoms with Gasteiger partial charge in [-0.25, -0.2) is 14.1 Å². The Kier molecular flexibility index (Phi) is 4.04. The summed E-state index contributed by atoms with van der Waals surface area (Å²) in [4.78, 5) is 20.0. The number of carbonyl (C=O) groups is 1. The number of aromatic nitrogens is 3. The fraction of sp³-hybridized carbons (Fsp3) is 0.350. The molecule has 138 valence electrons. The van der Waals surface area contributed by atoms with E-state index in [4.69, 9.17) is 0 Å². The first-order valence-electron chi connectivity index (χ1n) is 9.23. The highest BCUT2D eigenvalue weighted by Crippen LogP contribution is 2.38. The van der Waals surface area contributed by atoms with Crippen molar-refractivity contribution in [3.05, 3.63) is 53.4 Å². The maximum atomic E-state index is 13.7. The normalized spacial score (nSPS) is 17.1. The second kappa shape index (κ2) is 6.56. The van der Waals surface area contributed by atoms with E-state index in [1.807, 2.05) is 22.4 Å². The maximum Gasteiger partial charge on any atom is 0.293 e. The maximum absolute atomic E-state index is 13.7. The minimum atomic E-state index is -0.348. The van der Waals surface area contributed by atoms with Gasteiger partial charge >= 0.3 is 0 Å². The molecular weight excluding hydrogens is 363 g/mol. The van der Waals surface area contributed by atoms with E-state index in [-0.39, 0.29) is 17.5 Å². The van der Waals surface area contributed by atoms with Gasteiger partial charge in [0.05, 0.1) is 10.6 Å². The van der Waals surface area contributed by atoms with Crippen LogP contribution in [0.2, 0.25) is 0 Å². The predicted octanol–water partition coefficient (Wildman–Crippen LogP) is 4.01. The topological polar surface area (TPSA) is 51.0 Å². The number of carbonyl (C=O) groups excluding carboxylic acids is 1. The summed E-state index contributed by atoms with van der Waals surface area (Å²) in [5.74, 6) is 1.74. The summed E-state index contributed by atoms with van der Waals surface area (Å²) in [6.07, 6.45) is 3.91. The third kappa shape index (κ3) is 3.27. The van der Waals surface area contributed by atoms with E-state index < -0.39 is 0 Å². The molecule has 0 atom stereocenters. The Morgan fingerprint density at radius 3 is 2.74 bits per heavy atom. The molecule has 3 aromatic rings. The van der Waals surface area contributed by atoms with Gasteiger partial charge in [-0.15, -0.1) is 16.4 Å². The molecule has 2 aromatic heterocycles. The summed E-state index contributed by atoms with van der Waals surface area (Å²) in [7, 11) is 0. The molecule has 0 unspecified atom stereocenters. The summed E-state index contributed by atoms with van der Waals surface area (Å²) < 4.78 is 15.3. The van der Waals surface area contributed by atoms with Crippen LogP contribution in [0.4, 0.5) is 4.39 Å². The molecule has 0 bridgehead atoms. The molecule has 5 nitrogen and oxygen atoms in total. The van der Waals surface area contributed by atoms with Gasteiger partial charge in [0.25, 0.3) is 5.91 Å². The van der Waals surface area contributed by atoms with E-state index in [0.29, 0.717) is 17.4 Å². The Morgan fingerprint density at radius 1 is 1.19 bits per heavy atom. The van der Waals surface area contributed by atoms with Crippen molar-refractivity contribution in [1.29, 1.82) is 0 Å². The van der Waals surface area contributed by atoms with Crippen LogP contribution in [0, 0.1) is 17.7 Å². The van der Waals surface area contributed by atoms with Gasteiger partial charge in [0, 0.05) is 13.1 Å². The Hall–Kier alpha value is -2.54. The quantitative estimate of drug-likeness (QED) is 0.670. The van der Waals surface area contributed by atoms with Crippen LogP contribution < -0.4 is 0 Å². The lowest BCUT2D eigenvalue weighted by molar-refractivity contribution is 0.0462. The number of benzene rings is 1. The zero-order valence-corrected chi connectivity index (χ0v) is 15.5. The van der Waals surface area contributed by atoms with Gasteiger partial charge < -0.3 is 4.90 Å². The van der Waals surface area contributed by atoms with E-state index in [2.05, 4.69) is 10.1 Å². The smallest absolute Gasteiger partial charge is 0.293 e. The largest absolute Gasteiger partial charge is 0.335 e. The van der Waals surface area contributed by atoms with Crippen molar-refractivity contribution in [2.24, 2.45) is 11.8 Å². The lowest BCUT2D eigenvalue weighted by Crippen LogP contribution is -2.50. The van der Waals surface area contributed by atoms with Crippen molar-refractivity contribution >= 4 is 17.2 Å².